The third-order valence-corrected chi connectivity index (χ3v) is 3.59. The molecule has 1 aromatic rings. The maximum atomic E-state index is 13.9. The van der Waals surface area contributed by atoms with Crippen molar-refractivity contribution in [3.8, 4) is 0 Å². The van der Waals surface area contributed by atoms with Crippen molar-refractivity contribution in [1.29, 1.82) is 0 Å². The van der Waals surface area contributed by atoms with Crippen LogP contribution in [-0.2, 0) is 9.53 Å². The molecule has 0 saturated carbocycles. The van der Waals surface area contributed by atoms with E-state index in [1.54, 1.807) is 6.92 Å². The van der Waals surface area contributed by atoms with Gasteiger partial charge in [-0.15, -0.1) is 0 Å². The van der Waals surface area contributed by atoms with E-state index in [1.807, 2.05) is 0 Å². The number of nitrogen functional groups attached to an aromatic ring is 1. The van der Waals surface area contributed by atoms with Crippen molar-refractivity contribution < 1.29 is 23.8 Å². The van der Waals surface area contributed by atoms with E-state index in [9.17, 15) is 14.0 Å². The Kier molecular flexibility index (Phi) is 4.42. The lowest BCUT2D eigenvalue weighted by Crippen LogP contribution is -2.46. The van der Waals surface area contributed by atoms with E-state index in [-0.39, 0.29) is 31.0 Å². The summed E-state index contributed by atoms with van der Waals surface area (Å²) in [5.41, 5.74) is 5.56. The van der Waals surface area contributed by atoms with Crippen LogP contribution in [0.2, 0.25) is 0 Å². The zero-order valence-corrected chi connectivity index (χ0v) is 11.6. The van der Waals surface area contributed by atoms with E-state index in [1.165, 1.54) is 17.0 Å². The number of carbonyl (C=O) groups excluding carboxylic acids is 1. The zero-order valence-electron chi connectivity index (χ0n) is 11.6. The molecule has 6 nitrogen and oxygen atoms in total. The number of halogens is 1. The molecule has 0 aliphatic carbocycles. The van der Waals surface area contributed by atoms with Crippen molar-refractivity contribution in [3.63, 3.8) is 0 Å². The van der Waals surface area contributed by atoms with Gasteiger partial charge in [0, 0.05) is 12.2 Å². The molecule has 1 aromatic carbocycles. The molecule has 0 spiro atoms. The van der Waals surface area contributed by atoms with Crippen LogP contribution in [0.25, 0.3) is 0 Å². The van der Waals surface area contributed by atoms with Crippen molar-refractivity contribution in [3.05, 3.63) is 29.6 Å². The maximum absolute atomic E-state index is 13.9. The minimum Gasteiger partial charge on any atom is -0.481 e. The van der Waals surface area contributed by atoms with Crippen LogP contribution in [0.4, 0.5) is 10.1 Å². The minimum atomic E-state index is -1.03. The third-order valence-electron chi connectivity index (χ3n) is 3.59. The van der Waals surface area contributed by atoms with Gasteiger partial charge in [0.2, 0.25) is 0 Å². The first-order valence-corrected chi connectivity index (χ1v) is 6.62. The molecule has 1 fully saturated rings. The summed E-state index contributed by atoms with van der Waals surface area (Å²) in [4.78, 5) is 25.0. The van der Waals surface area contributed by atoms with Crippen molar-refractivity contribution in [2.75, 3.05) is 25.5 Å². The third kappa shape index (κ3) is 2.97. The van der Waals surface area contributed by atoms with Gasteiger partial charge in [-0.25, -0.2) is 4.39 Å². The number of carbonyl (C=O) groups is 2. The number of nitrogens with two attached hydrogens (primary N) is 1. The summed E-state index contributed by atoms with van der Waals surface area (Å²) in [6.45, 7) is 2.16. The van der Waals surface area contributed by atoms with Crippen LogP contribution in [0.15, 0.2) is 18.2 Å². The second-order valence-corrected chi connectivity index (χ2v) is 4.88. The fraction of sp³-hybridized carbons (Fsp3) is 0.429. The summed E-state index contributed by atoms with van der Waals surface area (Å²) < 4.78 is 19.0. The molecule has 1 aliphatic heterocycles. The van der Waals surface area contributed by atoms with E-state index in [4.69, 9.17) is 15.6 Å². The number of aliphatic carboxylic acids is 1. The number of hydrogen-bond acceptors (Lipinski definition) is 4. The molecular weight excluding hydrogens is 279 g/mol. The number of carboxylic acid groups (broad SMARTS) is 1. The zero-order chi connectivity index (χ0) is 15.6. The summed E-state index contributed by atoms with van der Waals surface area (Å²) >= 11 is 0. The van der Waals surface area contributed by atoms with Crippen LogP contribution in [0, 0.1) is 11.7 Å². The summed E-state index contributed by atoms with van der Waals surface area (Å²) in [7, 11) is 0. The molecule has 7 heteroatoms. The lowest BCUT2D eigenvalue weighted by atomic mass is 10.0. The smallest absolute Gasteiger partial charge is 0.311 e. The Morgan fingerprint density at radius 2 is 2.19 bits per heavy atom. The lowest BCUT2D eigenvalue weighted by Gasteiger charge is -2.29. The van der Waals surface area contributed by atoms with Gasteiger partial charge in [0.05, 0.1) is 24.8 Å². The number of likely N-dealkylation sites (N-methyl/N-ethyl adjacent to an activating group) is 1. The first kappa shape index (κ1) is 15.2. The van der Waals surface area contributed by atoms with Crippen molar-refractivity contribution >= 4 is 17.6 Å². The number of carboxylic acids is 1. The predicted molar refractivity (Wildman–Crippen MR) is 73.3 cm³/mol. The fourth-order valence-corrected chi connectivity index (χ4v) is 2.47. The summed E-state index contributed by atoms with van der Waals surface area (Å²) in [5.74, 6) is -3.10. The highest BCUT2D eigenvalue weighted by Gasteiger charge is 2.40. The Balaban J connectivity index is 2.28. The SMILES string of the molecule is CCN(C(=O)c1ccc(N)cc1F)C1COCC1C(=O)O. The van der Waals surface area contributed by atoms with E-state index in [2.05, 4.69) is 0 Å². The van der Waals surface area contributed by atoms with Gasteiger partial charge in [-0.3, -0.25) is 9.59 Å². The Morgan fingerprint density at radius 3 is 2.76 bits per heavy atom. The highest BCUT2D eigenvalue weighted by Crippen LogP contribution is 2.23. The van der Waals surface area contributed by atoms with Gasteiger partial charge in [0.25, 0.3) is 5.91 Å². The van der Waals surface area contributed by atoms with Crippen molar-refractivity contribution in [2.45, 2.75) is 13.0 Å². The summed E-state index contributed by atoms with van der Waals surface area (Å²) in [5, 5.41) is 9.16. The molecule has 1 aliphatic rings. The highest BCUT2D eigenvalue weighted by molar-refractivity contribution is 5.95. The average molecular weight is 296 g/mol. The van der Waals surface area contributed by atoms with E-state index in [0.29, 0.717) is 0 Å². The molecule has 0 aromatic heterocycles. The first-order valence-electron chi connectivity index (χ1n) is 6.62. The molecule has 2 rings (SSSR count). The van der Waals surface area contributed by atoms with Crippen LogP contribution < -0.4 is 5.73 Å². The molecule has 114 valence electrons. The minimum absolute atomic E-state index is 0.0496. The van der Waals surface area contributed by atoms with E-state index in [0.717, 1.165) is 6.07 Å². The molecular formula is C14H17FN2O4. The van der Waals surface area contributed by atoms with Gasteiger partial charge in [-0.2, -0.15) is 0 Å². The Morgan fingerprint density at radius 1 is 1.48 bits per heavy atom. The molecule has 1 heterocycles. The topological polar surface area (TPSA) is 92.9 Å². The molecule has 1 saturated heterocycles. The number of rotatable bonds is 4. The van der Waals surface area contributed by atoms with E-state index >= 15 is 0 Å². The molecule has 0 radical (unpaired) electrons. The van der Waals surface area contributed by atoms with E-state index < -0.39 is 29.7 Å². The highest BCUT2D eigenvalue weighted by atomic mass is 19.1. The van der Waals surface area contributed by atoms with Gasteiger partial charge in [-0.1, -0.05) is 0 Å². The Labute approximate surface area is 121 Å². The lowest BCUT2D eigenvalue weighted by molar-refractivity contribution is -0.142. The average Bonchev–Trinajstić information content (AvgIpc) is 2.88. The van der Waals surface area contributed by atoms with Gasteiger partial charge in [0.1, 0.15) is 11.7 Å². The van der Waals surface area contributed by atoms with Gasteiger partial charge in [0.15, 0.2) is 0 Å². The Bertz CT molecular complexity index is 564. The fourth-order valence-electron chi connectivity index (χ4n) is 2.47. The second-order valence-electron chi connectivity index (χ2n) is 4.88. The van der Waals surface area contributed by atoms with Crippen LogP contribution >= 0.6 is 0 Å². The van der Waals surface area contributed by atoms with Crippen LogP contribution in [-0.4, -0.2) is 47.7 Å². The summed E-state index contributed by atoms with van der Waals surface area (Å²) in [6, 6.07) is 3.21. The van der Waals surface area contributed by atoms with Gasteiger partial charge < -0.3 is 20.5 Å². The molecule has 2 unspecified atom stereocenters. The van der Waals surface area contributed by atoms with Crippen LogP contribution in [0.1, 0.15) is 17.3 Å². The molecule has 0 bridgehead atoms. The quantitative estimate of drug-likeness (QED) is 0.808. The molecule has 3 N–H and O–H groups in total. The summed E-state index contributed by atoms with van der Waals surface area (Å²) in [6.07, 6.45) is 0. The molecule has 21 heavy (non-hydrogen) atoms. The number of anilines is 1. The Hall–Kier alpha value is -2.15. The number of amides is 1. The van der Waals surface area contributed by atoms with Gasteiger partial charge in [-0.05, 0) is 25.1 Å². The standard InChI is InChI=1S/C14H17FN2O4/c1-2-17(12-7-21-6-10(12)14(19)20)13(18)9-4-3-8(16)5-11(9)15/h3-5,10,12H,2,6-7,16H2,1H3,(H,19,20). The largest absolute Gasteiger partial charge is 0.481 e. The van der Waals surface area contributed by atoms with Crippen molar-refractivity contribution in [1.82, 2.24) is 4.90 Å². The number of benzene rings is 1. The normalized spacial score (nSPS) is 21.2. The predicted octanol–water partition coefficient (Wildman–Crippen LogP) is 0.970. The molecule has 2 atom stereocenters. The second kappa shape index (κ2) is 6.09. The number of nitrogens with zero attached hydrogens (tertiary/aromatic N) is 1. The van der Waals surface area contributed by atoms with Crippen molar-refractivity contribution in [2.24, 2.45) is 5.92 Å². The number of hydrogen-bond donors (Lipinski definition) is 2. The maximum Gasteiger partial charge on any atom is 0.311 e. The number of ether oxygens (including phenoxy) is 1. The van der Waals surface area contributed by atoms with Crippen LogP contribution in [0.3, 0.4) is 0 Å². The monoisotopic (exact) mass is 296 g/mol. The van der Waals surface area contributed by atoms with Gasteiger partial charge >= 0.3 is 5.97 Å². The molecule has 1 amide bonds. The van der Waals surface area contributed by atoms with Crippen LogP contribution in [0.5, 0.6) is 0 Å². The first-order chi connectivity index (χ1) is 9.95.